The molecule has 0 aromatic heterocycles. The van der Waals surface area contributed by atoms with Gasteiger partial charge in [-0.25, -0.2) is 0 Å². The molecule has 1 aromatic rings. The summed E-state index contributed by atoms with van der Waals surface area (Å²) in [7, 11) is 0. The van der Waals surface area contributed by atoms with Crippen LogP contribution in [0.2, 0.25) is 10.0 Å². The van der Waals surface area contributed by atoms with Crippen LogP contribution in [0.25, 0.3) is 0 Å². The lowest BCUT2D eigenvalue weighted by Gasteiger charge is -2.08. The molecule has 0 heterocycles. The maximum atomic E-state index is 11.5. The van der Waals surface area contributed by atoms with Crippen molar-refractivity contribution in [1.29, 1.82) is 0 Å². The SMILES string of the molecule is CC(C)NC(=O)c1ccc(Cl)c(Cl)c1.S. The Hall–Kier alpha value is -0.380. The van der Waals surface area contributed by atoms with Crippen molar-refractivity contribution in [1.82, 2.24) is 5.32 Å². The van der Waals surface area contributed by atoms with Crippen LogP contribution in [0.1, 0.15) is 24.2 Å². The van der Waals surface area contributed by atoms with E-state index in [1.807, 2.05) is 13.8 Å². The van der Waals surface area contributed by atoms with E-state index < -0.39 is 0 Å². The van der Waals surface area contributed by atoms with Crippen molar-refractivity contribution in [2.45, 2.75) is 19.9 Å². The van der Waals surface area contributed by atoms with Gasteiger partial charge >= 0.3 is 0 Å². The lowest BCUT2D eigenvalue weighted by Crippen LogP contribution is -2.29. The molecule has 0 saturated carbocycles. The molecule has 0 atom stereocenters. The zero-order valence-corrected chi connectivity index (χ0v) is 11.0. The zero-order chi connectivity index (χ0) is 10.7. The van der Waals surface area contributed by atoms with Gasteiger partial charge in [-0.1, -0.05) is 23.2 Å². The molecule has 5 heteroatoms. The van der Waals surface area contributed by atoms with Crippen molar-refractivity contribution < 1.29 is 4.79 Å². The van der Waals surface area contributed by atoms with E-state index in [9.17, 15) is 4.79 Å². The van der Waals surface area contributed by atoms with E-state index in [2.05, 4.69) is 5.32 Å². The molecule has 1 N–H and O–H groups in total. The minimum Gasteiger partial charge on any atom is -0.350 e. The monoisotopic (exact) mass is 265 g/mol. The highest BCUT2D eigenvalue weighted by molar-refractivity contribution is 7.59. The predicted molar refractivity (Wildman–Crippen MR) is 69.4 cm³/mol. The summed E-state index contributed by atoms with van der Waals surface area (Å²) in [6.45, 7) is 3.80. The first-order valence-corrected chi connectivity index (χ1v) is 5.02. The summed E-state index contributed by atoms with van der Waals surface area (Å²) in [5, 5.41) is 3.61. The topological polar surface area (TPSA) is 29.1 Å². The van der Waals surface area contributed by atoms with Crippen LogP contribution >= 0.6 is 36.7 Å². The summed E-state index contributed by atoms with van der Waals surface area (Å²) in [4.78, 5) is 11.5. The van der Waals surface area contributed by atoms with Crippen molar-refractivity contribution in [2.24, 2.45) is 0 Å². The van der Waals surface area contributed by atoms with Gasteiger partial charge in [0, 0.05) is 11.6 Å². The molecule has 0 radical (unpaired) electrons. The smallest absolute Gasteiger partial charge is 0.251 e. The maximum Gasteiger partial charge on any atom is 0.251 e. The highest BCUT2D eigenvalue weighted by Crippen LogP contribution is 2.22. The van der Waals surface area contributed by atoms with Gasteiger partial charge in [-0.05, 0) is 32.0 Å². The number of halogens is 2. The third-order valence-corrected chi connectivity index (χ3v) is 2.34. The first-order valence-electron chi connectivity index (χ1n) is 4.26. The van der Waals surface area contributed by atoms with Gasteiger partial charge in [0.1, 0.15) is 0 Å². The molecule has 0 bridgehead atoms. The molecule has 0 spiro atoms. The Morgan fingerprint density at radius 2 is 1.87 bits per heavy atom. The molecule has 1 amide bonds. The summed E-state index contributed by atoms with van der Waals surface area (Å²) in [5.74, 6) is -0.140. The lowest BCUT2D eigenvalue weighted by molar-refractivity contribution is 0.0943. The molecule has 2 nitrogen and oxygen atoms in total. The predicted octanol–water partition coefficient (Wildman–Crippen LogP) is 3.24. The lowest BCUT2D eigenvalue weighted by atomic mass is 10.2. The average Bonchev–Trinajstić information content (AvgIpc) is 2.08. The Morgan fingerprint density at radius 1 is 1.27 bits per heavy atom. The normalized spacial score (nSPS) is 9.67. The van der Waals surface area contributed by atoms with Crippen LogP contribution in [0.4, 0.5) is 0 Å². The minimum absolute atomic E-state index is 0. The van der Waals surface area contributed by atoms with E-state index in [4.69, 9.17) is 23.2 Å². The van der Waals surface area contributed by atoms with Gasteiger partial charge in [-0.3, -0.25) is 4.79 Å². The van der Waals surface area contributed by atoms with Crippen LogP contribution < -0.4 is 5.32 Å². The Morgan fingerprint density at radius 3 is 2.33 bits per heavy atom. The van der Waals surface area contributed by atoms with Gasteiger partial charge in [-0.15, -0.1) is 0 Å². The fourth-order valence-corrected chi connectivity index (χ4v) is 1.28. The Bertz CT molecular complexity index is 355. The summed E-state index contributed by atoms with van der Waals surface area (Å²) in [6.07, 6.45) is 0. The third kappa shape index (κ3) is 4.33. The number of hydrogen-bond acceptors (Lipinski definition) is 1. The molecule has 0 saturated heterocycles. The summed E-state index contributed by atoms with van der Waals surface area (Å²) in [5.41, 5.74) is 0.521. The second-order valence-electron chi connectivity index (χ2n) is 3.26. The molecule has 0 unspecified atom stereocenters. The Balaban J connectivity index is 0.00000196. The number of benzene rings is 1. The van der Waals surface area contributed by atoms with Crippen molar-refractivity contribution in [3.63, 3.8) is 0 Å². The number of amides is 1. The first kappa shape index (κ1) is 14.6. The van der Waals surface area contributed by atoms with Gasteiger partial charge < -0.3 is 5.32 Å². The fourth-order valence-electron chi connectivity index (χ4n) is 0.983. The molecule has 0 fully saturated rings. The van der Waals surface area contributed by atoms with E-state index in [-0.39, 0.29) is 25.4 Å². The Labute approximate surface area is 106 Å². The average molecular weight is 266 g/mol. The molecule has 1 aromatic carbocycles. The van der Waals surface area contributed by atoms with Crippen LogP contribution in [-0.4, -0.2) is 11.9 Å². The van der Waals surface area contributed by atoms with Crippen LogP contribution in [0.3, 0.4) is 0 Å². The maximum absolute atomic E-state index is 11.5. The minimum atomic E-state index is -0.140. The zero-order valence-electron chi connectivity index (χ0n) is 8.47. The molecular formula is C10H13Cl2NOS. The summed E-state index contributed by atoms with van der Waals surface area (Å²) in [6, 6.07) is 4.92. The van der Waals surface area contributed by atoms with E-state index in [1.165, 1.54) is 0 Å². The number of carbonyl (C=O) groups is 1. The van der Waals surface area contributed by atoms with E-state index in [0.717, 1.165) is 0 Å². The molecular weight excluding hydrogens is 253 g/mol. The fraction of sp³-hybridized carbons (Fsp3) is 0.300. The van der Waals surface area contributed by atoms with Crippen LogP contribution in [0.5, 0.6) is 0 Å². The van der Waals surface area contributed by atoms with Crippen LogP contribution in [-0.2, 0) is 0 Å². The number of rotatable bonds is 2. The highest BCUT2D eigenvalue weighted by Gasteiger charge is 2.08. The van der Waals surface area contributed by atoms with Gasteiger partial charge in [0.2, 0.25) is 0 Å². The van der Waals surface area contributed by atoms with Gasteiger partial charge in [0.05, 0.1) is 10.0 Å². The molecule has 0 aliphatic carbocycles. The Kier molecular flexibility index (Phi) is 6.10. The number of carbonyl (C=O) groups excluding carboxylic acids is 1. The van der Waals surface area contributed by atoms with E-state index in [0.29, 0.717) is 15.6 Å². The second kappa shape index (κ2) is 6.26. The molecule has 15 heavy (non-hydrogen) atoms. The van der Waals surface area contributed by atoms with E-state index in [1.54, 1.807) is 18.2 Å². The number of nitrogens with one attached hydrogen (secondary N) is 1. The third-order valence-electron chi connectivity index (χ3n) is 1.60. The van der Waals surface area contributed by atoms with Gasteiger partial charge in [0.25, 0.3) is 5.91 Å². The molecule has 1 rings (SSSR count). The highest BCUT2D eigenvalue weighted by atomic mass is 35.5. The van der Waals surface area contributed by atoms with Crippen LogP contribution in [0.15, 0.2) is 18.2 Å². The van der Waals surface area contributed by atoms with Crippen molar-refractivity contribution >= 4 is 42.6 Å². The largest absolute Gasteiger partial charge is 0.350 e. The summed E-state index contributed by atoms with van der Waals surface area (Å²) >= 11 is 11.5. The van der Waals surface area contributed by atoms with Gasteiger partial charge in [0.15, 0.2) is 0 Å². The quantitative estimate of drug-likeness (QED) is 0.874. The molecule has 84 valence electrons. The van der Waals surface area contributed by atoms with Crippen molar-refractivity contribution in [2.75, 3.05) is 0 Å². The second-order valence-corrected chi connectivity index (χ2v) is 4.07. The van der Waals surface area contributed by atoms with Crippen molar-refractivity contribution in [3.05, 3.63) is 33.8 Å². The molecule has 0 aliphatic rings. The van der Waals surface area contributed by atoms with Crippen molar-refractivity contribution in [3.8, 4) is 0 Å². The van der Waals surface area contributed by atoms with E-state index >= 15 is 0 Å². The molecule has 0 aliphatic heterocycles. The first-order chi connectivity index (χ1) is 6.50. The van der Waals surface area contributed by atoms with Crippen LogP contribution in [0, 0.1) is 0 Å². The summed E-state index contributed by atoms with van der Waals surface area (Å²) < 4.78 is 0. The number of hydrogen-bond donors (Lipinski definition) is 1. The van der Waals surface area contributed by atoms with Gasteiger partial charge in [-0.2, -0.15) is 13.5 Å². The standard InChI is InChI=1S/C10H11Cl2NO.H2S/c1-6(2)13-10(14)7-3-4-8(11)9(12)5-7;/h3-6H,1-2H3,(H,13,14);1H2.